The van der Waals surface area contributed by atoms with Crippen molar-refractivity contribution in [2.75, 3.05) is 16.8 Å². The zero-order chi connectivity index (χ0) is 20.1. The summed E-state index contributed by atoms with van der Waals surface area (Å²) in [7, 11) is 0. The van der Waals surface area contributed by atoms with Crippen LogP contribution in [-0.4, -0.2) is 22.4 Å². The predicted octanol–water partition coefficient (Wildman–Crippen LogP) is 4.91. The fourth-order valence-corrected chi connectivity index (χ4v) is 3.29. The van der Waals surface area contributed by atoms with Crippen LogP contribution in [0.3, 0.4) is 0 Å². The number of rotatable bonds is 6. The van der Waals surface area contributed by atoms with Crippen LogP contribution in [0.5, 0.6) is 0 Å². The highest BCUT2D eigenvalue weighted by molar-refractivity contribution is 6.07. The van der Waals surface area contributed by atoms with Gasteiger partial charge < -0.3 is 10.2 Å². The summed E-state index contributed by atoms with van der Waals surface area (Å²) in [4.78, 5) is 23.7. The summed E-state index contributed by atoms with van der Waals surface area (Å²) in [5, 5.41) is 3.91. The molecule has 0 radical (unpaired) electrons. The van der Waals surface area contributed by atoms with Gasteiger partial charge in [-0.05, 0) is 36.8 Å². The molecule has 4 rings (SSSR count). The lowest BCUT2D eigenvalue weighted by Gasteiger charge is -2.23. The van der Waals surface area contributed by atoms with E-state index in [-0.39, 0.29) is 5.91 Å². The standard InChI is InChI=1S/C24H22N4O/c1-2-28(17-18-8-4-3-5-9-18)20-13-14-22(26-16-20)24(29)27-21-12-6-10-19-11-7-15-25-23(19)21/h3-16H,2,17H2,1H3,(H,27,29). The topological polar surface area (TPSA) is 58.1 Å². The van der Waals surface area contributed by atoms with Crippen molar-refractivity contribution in [3.63, 3.8) is 0 Å². The van der Waals surface area contributed by atoms with Crippen molar-refractivity contribution in [2.45, 2.75) is 13.5 Å². The Labute approximate surface area is 170 Å². The second-order valence-electron chi connectivity index (χ2n) is 6.74. The van der Waals surface area contributed by atoms with Crippen LogP contribution in [-0.2, 0) is 6.54 Å². The number of amides is 1. The minimum absolute atomic E-state index is 0.249. The highest BCUT2D eigenvalue weighted by Crippen LogP contribution is 2.22. The first-order chi connectivity index (χ1) is 14.2. The van der Waals surface area contributed by atoms with E-state index in [1.54, 1.807) is 18.5 Å². The number of hydrogen-bond acceptors (Lipinski definition) is 4. The normalized spacial score (nSPS) is 10.7. The lowest BCUT2D eigenvalue weighted by Crippen LogP contribution is -2.22. The van der Waals surface area contributed by atoms with Gasteiger partial charge in [0.05, 0.1) is 23.1 Å². The molecule has 4 aromatic rings. The Bertz CT molecular complexity index is 1110. The maximum absolute atomic E-state index is 12.7. The molecular formula is C24H22N4O. The minimum atomic E-state index is -0.249. The molecule has 29 heavy (non-hydrogen) atoms. The zero-order valence-electron chi connectivity index (χ0n) is 16.2. The number of carbonyl (C=O) groups excluding carboxylic acids is 1. The molecular weight excluding hydrogens is 360 g/mol. The van der Waals surface area contributed by atoms with Gasteiger partial charge >= 0.3 is 0 Å². The molecule has 1 N–H and O–H groups in total. The summed E-state index contributed by atoms with van der Waals surface area (Å²) in [5.41, 5.74) is 4.04. The Morgan fingerprint density at radius 2 is 1.76 bits per heavy atom. The maximum Gasteiger partial charge on any atom is 0.274 e. The number of aromatic nitrogens is 2. The van der Waals surface area contributed by atoms with Crippen LogP contribution in [0.4, 0.5) is 11.4 Å². The smallest absolute Gasteiger partial charge is 0.274 e. The van der Waals surface area contributed by atoms with Gasteiger partial charge in [0, 0.05) is 24.7 Å². The van der Waals surface area contributed by atoms with Crippen LogP contribution >= 0.6 is 0 Å². The van der Waals surface area contributed by atoms with Gasteiger partial charge in [-0.15, -0.1) is 0 Å². The molecule has 2 aromatic carbocycles. The van der Waals surface area contributed by atoms with Gasteiger partial charge in [-0.3, -0.25) is 9.78 Å². The van der Waals surface area contributed by atoms with Crippen molar-refractivity contribution in [1.82, 2.24) is 9.97 Å². The Morgan fingerprint density at radius 3 is 2.52 bits per heavy atom. The summed E-state index contributed by atoms with van der Waals surface area (Å²) in [6.07, 6.45) is 3.47. The second kappa shape index (κ2) is 8.52. The molecule has 2 aromatic heterocycles. The number of hydrogen-bond donors (Lipinski definition) is 1. The Hall–Kier alpha value is -3.73. The van der Waals surface area contributed by atoms with E-state index in [9.17, 15) is 4.79 Å². The molecule has 0 fully saturated rings. The van der Waals surface area contributed by atoms with Gasteiger partial charge in [-0.2, -0.15) is 0 Å². The van der Waals surface area contributed by atoms with Gasteiger partial charge in [-0.1, -0.05) is 48.5 Å². The highest BCUT2D eigenvalue weighted by atomic mass is 16.1. The van der Waals surface area contributed by atoms with Gasteiger partial charge in [0.2, 0.25) is 0 Å². The third-order valence-electron chi connectivity index (χ3n) is 4.82. The van der Waals surface area contributed by atoms with E-state index in [2.05, 4.69) is 39.2 Å². The SMILES string of the molecule is CCN(Cc1ccccc1)c1ccc(C(=O)Nc2cccc3cccnc23)nc1. The summed E-state index contributed by atoms with van der Waals surface area (Å²) in [5.74, 6) is -0.249. The molecule has 0 saturated carbocycles. The molecule has 2 heterocycles. The van der Waals surface area contributed by atoms with E-state index in [1.807, 2.05) is 54.6 Å². The minimum Gasteiger partial charge on any atom is -0.366 e. The van der Waals surface area contributed by atoms with E-state index < -0.39 is 0 Å². The molecule has 0 bridgehead atoms. The number of nitrogens with zero attached hydrogens (tertiary/aromatic N) is 3. The number of anilines is 2. The van der Waals surface area contributed by atoms with Crippen LogP contribution in [0.1, 0.15) is 23.0 Å². The first kappa shape index (κ1) is 18.6. The molecule has 0 aliphatic carbocycles. The highest BCUT2D eigenvalue weighted by Gasteiger charge is 2.12. The van der Waals surface area contributed by atoms with Crippen LogP contribution in [0.2, 0.25) is 0 Å². The van der Waals surface area contributed by atoms with Gasteiger partial charge in [0.15, 0.2) is 0 Å². The Morgan fingerprint density at radius 1 is 0.931 bits per heavy atom. The largest absolute Gasteiger partial charge is 0.366 e. The summed E-state index contributed by atoms with van der Waals surface area (Å²) < 4.78 is 0. The number of para-hydroxylation sites is 1. The van der Waals surface area contributed by atoms with E-state index in [0.29, 0.717) is 11.4 Å². The van der Waals surface area contributed by atoms with E-state index in [1.165, 1.54) is 5.56 Å². The van der Waals surface area contributed by atoms with Crippen molar-refractivity contribution >= 4 is 28.2 Å². The fraction of sp³-hybridized carbons (Fsp3) is 0.125. The average molecular weight is 382 g/mol. The van der Waals surface area contributed by atoms with Crippen molar-refractivity contribution in [1.29, 1.82) is 0 Å². The number of benzene rings is 2. The molecule has 0 unspecified atom stereocenters. The maximum atomic E-state index is 12.7. The molecule has 1 amide bonds. The van der Waals surface area contributed by atoms with Gasteiger partial charge in [0.1, 0.15) is 5.69 Å². The number of carbonyl (C=O) groups is 1. The fourth-order valence-electron chi connectivity index (χ4n) is 3.29. The number of nitrogens with one attached hydrogen (secondary N) is 1. The third kappa shape index (κ3) is 4.24. The average Bonchev–Trinajstić information content (AvgIpc) is 2.78. The molecule has 0 aliphatic heterocycles. The van der Waals surface area contributed by atoms with Crippen molar-refractivity contribution in [2.24, 2.45) is 0 Å². The van der Waals surface area contributed by atoms with Gasteiger partial charge in [0.25, 0.3) is 5.91 Å². The Balaban J connectivity index is 1.50. The molecule has 0 saturated heterocycles. The van der Waals surface area contributed by atoms with E-state index >= 15 is 0 Å². The van der Waals surface area contributed by atoms with Crippen LogP contribution in [0.25, 0.3) is 10.9 Å². The van der Waals surface area contributed by atoms with Crippen molar-refractivity contribution in [3.8, 4) is 0 Å². The van der Waals surface area contributed by atoms with Gasteiger partial charge in [-0.25, -0.2) is 4.98 Å². The molecule has 0 spiro atoms. The lowest BCUT2D eigenvalue weighted by molar-refractivity contribution is 0.102. The molecule has 144 valence electrons. The first-order valence-corrected chi connectivity index (χ1v) is 9.64. The zero-order valence-corrected chi connectivity index (χ0v) is 16.2. The van der Waals surface area contributed by atoms with E-state index in [4.69, 9.17) is 0 Å². The summed E-state index contributed by atoms with van der Waals surface area (Å²) in [6, 6.07) is 23.6. The molecule has 0 atom stereocenters. The first-order valence-electron chi connectivity index (χ1n) is 9.64. The molecule has 5 nitrogen and oxygen atoms in total. The summed E-state index contributed by atoms with van der Waals surface area (Å²) in [6.45, 7) is 3.76. The Kier molecular flexibility index (Phi) is 5.47. The number of pyridine rings is 2. The van der Waals surface area contributed by atoms with E-state index in [0.717, 1.165) is 29.7 Å². The van der Waals surface area contributed by atoms with Crippen molar-refractivity contribution < 1.29 is 4.79 Å². The third-order valence-corrected chi connectivity index (χ3v) is 4.82. The quantitative estimate of drug-likeness (QED) is 0.515. The van der Waals surface area contributed by atoms with Crippen LogP contribution in [0, 0.1) is 0 Å². The lowest BCUT2D eigenvalue weighted by atomic mass is 10.2. The summed E-state index contributed by atoms with van der Waals surface area (Å²) >= 11 is 0. The predicted molar refractivity (Wildman–Crippen MR) is 117 cm³/mol. The van der Waals surface area contributed by atoms with Crippen LogP contribution < -0.4 is 10.2 Å². The second-order valence-corrected chi connectivity index (χ2v) is 6.74. The van der Waals surface area contributed by atoms with Crippen LogP contribution in [0.15, 0.2) is 85.2 Å². The van der Waals surface area contributed by atoms with Crippen molar-refractivity contribution in [3.05, 3.63) is 96.4 Å². The monoisotopic (exact) mass is 382 g/mol. The number of fused-ring (bicyclic) bond motifs is 1. The molecule has 5 heteroatoms. The molecule has 0 aliphatic rings.